The average Bonchev–Trinajstić information content (AvgIpc) is 2.63. The van der Waals surface area contributed by atoms with E-state index >= 15 is 0 Å². The van der Waals surface area contributed by atoms with Gasteiger partial charge in [0.2, 0.25) is 5.91 Å². The smallest absolute Gasteiger partial charge is 0.238 e. The van der Waals surface area contributed by atoms with Crippen LogP contribution in [0.15, 0.2) is 42.5 Å². The number of anilines is 1. The largest absolute Gasteiger partial charge is 0.495 e. The van der Waals surface area contributed by atoms with Crippen LogP contribution >= 0.6 is 24.0 Å². The van der Waals surface area contributed by atoms with Crippen LogP contribution in [0, 0.1) is 6.92 Å². The zero-order valence-corrected chi connectivity index (χ0v) is 17.1. The maximum absolute atomic E-state index is 12.7. The molecule has 2 aromatic carbocycles. The van der Waals surface area contributed by atoms with Crippen LogP contribution in [0.1, 0.15) is 17.2 Å². The first-order valence-electron chi connectivity index (χ1n) is 8.72. The number of carbonyl (C=O) groups is 1. The van der Waals surface area contributed by atoms with E-state index in [0.717, 1.165) is 35.8 Å². The highest BCUT2D eigenvalue weighted by Crippen LogP contribution is 2.29. The lowest BCUT2D eigenvalue weighted by Crippen LogP contribution is -2.48. The minimum absolute atomic E-state index is 0. The van der Waals surface area contributed by atoms with Crippen molar-refractivity contribution in [1.82, 2.24) is 10.2 Å². The Kier molecular flexibility index (Phi) is 7.92. The van der Waals surface area contributed by atoms with E-state index in [1.165, 1.54) is 0 Å². The fourth-order valence-electron chi connectivity index (χ4n) is 3.28. The van der Waals surface area contributed by atoms with Gasteiger partial charge >= 0.3 is 0 Å². The molecule has 146 valence electrons. The van der Waals surface area contributed by atoms with Crippen LogP contribution in [-0.2, 0) is 4.79 Å². The molecule has 2 N–H and O–H groups in total. The Labute approximate surface area is 171 Å². The number of amides is 1. The van der Waals surface area contributed by atoms with Crippen molar-refractivity contribution < 1.29 is 9.53 Å². The Morgan fingerprint density at radius 1 is 1.33 bits per heavy atom. The number of halogens is 2. The molecule has 0 aromatic heterocycles. The third kappa shape index (κ3) is 5.36. The first-order valence-corrected chi connectivity index (χ1v) is 9.10. The second kappa shape index (κ2) is 9.95. The van der Waals surface area contributed by atoms with E-state index in [1.54, 1.807) is 7.11 Å². The Hall–Kier alpha value is -1.79. The summed E-state index contributed by atoms with van der Waals surface area (Å²) in [6, 6.07) is 13.6. The molecule has 1 amide bonds. The average molecular weight is 410 g/mol. The van der Waals surface area contributed by atoms with Gasteiger partial charge in [0.05, 0.1) is 19.3 Å². The van der Waals surface area contributed by atoms with Crippen LogP contribution in [0.25, 0.3) is 0 Å². The number of hydrogen-bond acceptors (Lipinski definition) is 4. The number of nitrogens with zero attached hydrogens (tertiary/aromatic N) is 1. The van der Waals surface area contributed by atoms with Crippen molar-refractivity contribution in [1.29, 1.82) is 0 Å². The highest BCUT2D eigenvalue weighted by molar-refractivity contribution is 6.31. The summed E-state index contributed by atoms with van der Waals surface area (Å²) in [4.78, 5) is 14.8. The topological polar surface area (TPSA) is 53.6 Å². The van der Waals surface area contributed by atoms with Crippen molar-refractivity contribution in [2.24, 2.45) is 0 Å². The summed E-state index contributed by atoms with van der Waals surface area (Å²) in [5.74, 6) is 0.597. The normalized spacial score (nSPS) is 17.1. The third-order valence-electron chi connectivity index (χ3n) is 4.59. The van der Waals surface area contributed by atoms with Crippen molar-refractivity contribution in [2.45, 2.75) is 13.0 Å². The molecule has 2 aromatic rings. The third-order valence-corrected chi connectivity index (χ3v) is 4.94. The molecule has 1 fully saturated rings. The maximum atomic E-state index is 12.7. The molecule has 1 heterocycles. The summed E-state index contributed by atoms with van der Waals surface area (Å²) < 4.78 is 5.34. The van der Waals surface area contributed by atoms with Crippen molar-refractivity contribution in [3.63, 3.8) is 0 Å². The molecule has 27 heavy (non-hydrogen) atoms. The van der Waals surface area contributed by atoms with Crippen molar-refractivity contribution in [3.05, 3.63) is 58.6 Å². The number of carbonyl (C=O) groups excluding carboxylic acids is 1. The number of hydrogen-bond donors (Lipinski definition) is 2. The molecule has 1 aliphatic rings. The van der Waals surface area contributed by atoms with E-state index in [4.69, 9.17) is 16.3 Å². The van der Waals surface area contributed by atoms with Crippen LogP contribution in [0.2, 0.25) is 5.02 Å². The number of ether oxygens (including phenoxy) is 1. The highest BCUT2D eigenvalue weighted by atomic mass is 35.5. The van der Waals surface area contributed by atoms with Gasteiger partial charge in [0.25, 0.3) is 0 Å². The summed E-state index contributed by atoms with van der Waals surface area (Å²) in [6.07, 6.45) is 0. The highest BCUT2D eigenvalue weighted by Gasteiger charge is 2.27. The number of nitrogens with one attached hydrogen (secondary N) is 2. The number of methoxy groups -OCH3 is 1. The molecule has 1 saturated heterocycles. The molecule has 1 unspecified atom stereocenters. The van der Waals surface area contributed by atoms with Crippen LogP contribution in [0.4, 0.5) is 5.69 Å². The van der Waals surface area contributed by atoms with Gasteiger partial charge < -0.3 is 15.4 Å². The van der Waals surface area contributed by atoms with Gasteiger partial charge in [-0.3, -0.25) is 9.69 Å². The quantitative estimate of drug-likeness (QED) is 0.790. The second-order valence-corrected chi connectivity index (χ2v) is 6.87. The monoisotopic (exact) mass is 409 g/mol. The van der Waals surface area contributed by atoms with Gasteiger partial charge in [0.1, 0.15) is 5.75 Å². The fourth-order valence-corrected chi connectivity index (χ4v) is 3.54. The van der Waals surface area contributed by atoms with E-state index in [2.05, 4.69) is 15.5 Å². The molecule has 0 saturated carbocycles. The van der Waals surface area contributed by atoms with Gasteiger partial charge in [0, 0.05) is 30.7 Å². The van der Waals surface area contributed by atoms with Crippen molar-refractivity contribution in [2.75, 3.05) is 38.6 Å². The predicted octanol–water partition coefficient (Wildman–Crippen LogP) is 3.66. The second-order valence-electron chi connectivity index (χ2n) is 6.46. The number of piperazine rings is 1. The van der Waals surface area contributed by atoms with Gasteiger partial charge in [-0.25, -0.2) is 0 Å². The van der Waals surface area contributed by atoms with E-state index in [-0.39, 0.29) is 24.4 Å². The van der Waals surface area contributed by atoms with E-state index in [0.29, 0.717) is 18.0 Å². The molecule has 3 rings (SSSR count). The van der Waals surface area contributed by atoms with Gasteiger partial charge in [-0.05, 0) is 36.2 Å². The lowest BCUT2D eigenvalue weighted by molar-refractivity contribution is -0.118. The molecule has 1 aliphatic heterocycles. The number of benzene rings is 2. The van der Waals surface area contributed by atoms with Crippen LogP contribution < -0.4 is 15.4 Å². The zero-order valence-electron chi connectivity index (χ0n) is 15.5. The van der Waals surface area contributed by atoms with Crippen LogP contribution in [0.3, 0.4) is 0 Å². The molecule has 5 nitrogen and oxygen atoms in total. The molecule has 7 heteroatoms. The van der Waals surface area contributed by atoms with Gasteiger partial charge in [-0.1, -0.05) is 35.9 Å². The number of rotatable bonds is 5. The molecule has 0 radical (unpaired) electrons. The molecule has 0 spiro atoms. The molecule has 1 atom stereocenters. The van der Waals surface area contributed by atoms with E-state index < -0.39 is 0 Å². The van der Waals surface area contributed by atoms with Crippen molar-refractivity contribution >= 4 is 35.6 Å². The first kappa shape index (κ1) is 21.5. The summed E-state index contributed by atoms with van der Waals surface area (Å²) >= 11 is 6.37. The molecular formula is C20H25Cl2N3O2. The fraction of sp³-hybridized carbons (Fsp3) is 0.350. The minimum Gasteiger partial charge on any atom is -0.495 e. The predicted molar refractivity (Wildman–Crippen MR) is 112 cm³/mol. The standard InChI is InChI=1S/C20H24ClN3O2.ClH/c1-14-7-8-19(26-2)17(11-14)23-20(25)13-24-10-9-22-12-18(24)15-5-3-4-6-16(15)21;/h3-8,11,18,22H,9-10,12-13H2,1-2H3,(H,23,25);1H. The lowest BCUT2D eigenvalue weighted by Gasteiger charge is -2.36. The van der Waals surface area contributed by atoms with Gasteiger partial charge in [-0.15, -0.1) is 12.4 Å². The van der Waals surface area contributed by atoms with Crippen molar-refractivity contribution in [3.8, 4) is 5.75 Å². The Bertz CT molecular complexity index is 786. The Morgan fingerprint density at radius 2 is 2.11 bits per heavy atom. The van der Waals surface area contributed by atoms with E-state index in [9.17, 15) is 4.79 Å². The number of aryl methyl sites for hydroxylation is 1. The van der Waals surface area contributed by atoms with Gasteiger partial charge in [0.15, 0.2) is 0 Å². The zero-order chi connectivity index (χ0) is 18.5. The molecule has 0 aliphatic carbocycles. The summed E-state index contributed by atoms with van der Waals surface area (Å²) in [5.41, 5.74) is 2.81. The van der Waals surface area contributed by atoms with E-state index in [1.807, 2.05) is 49.4 Å². The Morgan fingerprint density at radius 3 is 2.85 bits per heavy atom. The molecule has 0 bridgehead atoms. The Balaban J connectivity index is 0.00000261. The minimum atomic E-state index is -0.0622. The lowest BCUT2D eigenvalue weighted by atomic mass is 10.0. The maximum Gasteiger partial charge on any atom is 0.238 e. The summed E-state index contributed by atoms with van der Waals surface area (Å²) in [7, 11) is 1.60. The van der Waals surface area contributed by atoms with Gasteiger partial charge in [-0.2, -0.15) is 0 Å². The summed E-state index contributed by atoms with van der Waals surface area (Å²) in [5, 5.41) is 7.09. The summed E-state index contributed by atoms with van der Waals surface area (Å²) in [6.45, 7) is 4.69. The van der Waals surface area contributed by atoms with Crippen LogP contribution in [-0.4, -0.2) is 44.1 Å². The SMILES string of the molecule is COc1ccc(C)cc1NC(=O)CN1CCNCC1c1ccccc1Cl.Cl. The first-order chi connectivity index (χ1) is 12.6. The molecular weight excluding hydrogens is 385 g/mol. The van der Waals surface area contributed by atoms with Crippen LogP contribution in [0.5, 0.6) is 5.75 Å².